The summed E-state index contributed by atoms with van der Waals surface area (Å²) in [6.07, 6.45) is 3.20. The predicted octanol–water partition coefficient (Wildman–Crippen LogP) is 1.07. The van der Waals surface area contributed by atoms with Crippen LogP contribution in [0.5, 0.6) is 0 Å². The average Bonchev–Trinajstić information content (AvgIpc) is 2.14. The van der Waals surface area contributed by atoms with Gasteiger partial charge < -0.3 is 4.89 Å². The quantitative estimate of drug-likeness (QED) is 0.381. The van der Waals surface area contributed by atoms with E-state index in [1.54, 1.807) is 6.08 Å². The van der Waals surface area contributed by atoms with E-state index in [0.717, 1.165) is 0 Å². The second kappa shape index (κ2) is 2.19. The molecule has 0 saturated carbocycles. The zero-order valence-electron chi connectivity index (χ0n) is 3.63. The first-order chi connectivity index (χ1) is 3.43. The Morgan fingerprint density at radius 2 is 2.57 bits per heavy atom. The third-order valence-electron chi connectivity index (χ3n) is 0.680. The van der Waals surface area contributed by atoms with Gasteiger partial charge in [0, 0.05) is 0 Å². The van der Waals surface area contributed by atoms with Crippen molar-refractivity contribution in [1.82, 2.24) is 0 Å². The zero-order valence-corrected chi connectivity index (χ0v) is 4.39. The van der Waals surface area contributed by atoms with E-state index in [1.807, 2.05) is 0 Å². The Morgan fingerprint density at radius 1 is 1.71 bits per heavy atom. The van der Waals surface area contributed by atoms with Gasteiger partial charge in [-0.3, -0.25) is 0 Å². The molecule has 0 fully saturated rings. The first kappa shape index (κ1) is 4.94. The molecule has 1 aliphatic rings. The summed E-state index contributed by atoms with van der Waals surface area (Å²) in [6, 6.07) is 0. The Morgan fingerprint density at radius 3 is 2.86 bits per heavy atom. The monoisotopic (exact) mass is 120 g/mol. The fourth-order valence-electron chi connectivity index (χ4n) is 0.332. The van der Waals surface area contributed by atoms with Crippen LogP contribution in [0.4, 0.5) is 0 Å². The molecule has 0 amide bonds. The van der Waals surface area contributed by atoms with Gasteiger partial charge in [-0.15, -0.1) is 11.6 Å². The molecule has 0 N–H and O–H groups in total. The van der Waals surface area contributed by atoms with Gasteiger partial charge in [-0.2, -0.15) is 4.89 Å². The average molecular weight is 121 g/mol. The van der Waals surface area contributed by atoms with E-state index in [-0.39, 0.29) is 6.10 Å². The summed E-state index contributed by atoms with van der Waals surface area (Å²) in [7, 11) is 0. The van der Waals surface area contributed by atoms with Crippen LogP contribution in [0.25, 0.3) is 0 Å². The van der Waals surface area contributed by atoms with Gasteiger partial charge in [0.05, 0.1) is 5.88 Å². The third kappa shape index (κ3) is 1.08. The highest BCUT2D eigenvalue weighted by Gasteiger charge is 2.07. The molecular formula is C4H5ClO2. The van der Waals surface area contributed by atoms with Crippen molar-refractivity contribution in [1.29, 1.82) is 0 Å². The van der Waals surface area contributed by atoms with Gasteiger partial charge in [-0.1, -0.05) is 0 Å². The van der Waals surface area contributed by atoms with Gasteiger partial charge in [-0.05, 0) is 6.08 Å². The van der Waals surface area contributed by atoms with E-state index in [2.05, 4.69) is 9.78 Å². The highest BCUT2D eigenvalue weighted by molar-refractivity contribution is 6.18. The highest BCUT2D eigenvalue weighted by Crippen LogP contribution is 2.04. The van der Waals surface area contributed by atoms with Crippen molar-refractivity contribution in [2.75, 3.05) is 5.88 Å². The molecule has 1 atom stereocenters. The Kier molecular flexibility index (Phi) is 1.54. The summed E-state index contributed by atoms with van der Waals surface area (Å²) in [5.41, 5.74) is 0. The van der Waals surface area contributed by atoms with E-state index in [1.165, 1.54) is 6.26 Å². The van der Waals surface area contributed by atoms with Gasteiger partial charge in [0.25, 0.3) is 0 Å². The molecule has 0 aromatic carbocycles. The molecule has 0 radical (unpaired) electrons. The molecule has 40 valence electrons. The molecule has 0 aliphatic carbocycles. The molecule has 1 heterocycles. The van der Waals surface area contributed by atoms with Crippen molar-refractivity contribution in [3.63, 3.8) is 0 Å². The second-order valence-corrected chi connectivity index (χ2v) is 1.52. The Bertz CT molecular complexity index is 81.8. The Labute approximate surface area is 46.6 Å². The number of hydrogen-bond acceptors (Lipinski definition) is 2. The minimum Gasteiger partial charge on any atom is -0.345 e. The zero-order chi connectivity index (χ0) is 5.11. The topological polar surface area (TPSA) is 18.5 Å². The van der Waals surface area contributed by atoms with Crippen molar-refractivity contribution in [2.45, 2.75) is 6.10 Å². The molecule has 0 saturated heterocycles. The number of rotatable bonds is 1. The fourth-order valence-corrected chi connectivity index (χ4v) is 0.487. The smallest absolute Gasteiger partial charge is 0.139 e. The lowest BCUT2D eigenvalue weighted by molar-refractivity contribution is -0.246. The molecule has 2 nitrogen and oxygen atoms in total. The molecule has 7 heavy (non-hydrogen) atoms. The molecule has 1 aliphatic heterocycles. The third-order valence-corrected chi connectivity index (χ3v) is 0.984. The van der Waals surface area contributed by atoms with Crippen LogP contribution in [0.2, 0.25) is 0 Å². The normalized spacial score (nSPS) is 27.9. The maximum Gasteiger partial charge on any atom is 0.139 e. The second-order valence-electron chi connectivity index (χ2n) is 1.21. The first-order valence-corrected chi connectivity index (χ1v) is 2.51. The van der Waals surface area contributed by atoms with Crippen molar-refractivity contribution in [2.24, 2.45) is 0 Å². The van der Waals surface area contributed by atoms with Gasteiger partial charge in [0.15, 0.2) is 0 Å². The van der Waals surface area contributed by atoms with Gasteiger partial charge >= 0.3 is 0 Å². The summed E-state index contributed by atoms with van der Waals surface area (Å²) >= 11 is 5.35. The van der Waals surface area contributed by atoms with Crippen LogP contribution < -0.4 is 0 Å². The predicted molar refractivity (Wildman–Crippen MR) is 25.8 cm³/mol. The van der Waals surface area contributed by atoms with Gasteiger partial charge in [0.2, 0.25) is 0 Å². The summed E-state index contributed by atoms with van der Waals surface area (Å²) < 4.78 is 0. The maximum absolute atomic E-state index is 5.35. The summed E-state index contributed by atoms with van der Waals surface area (Å²) in [5.74, 6) is 0.455. The Hall–Kier alpha value is -0.210. The summed E-state index contributed by atoms with van der Waals surface area (Å²) in [5, 5.41) is 0. The molecule has 1 unspecified atom stereocenters. The molecule has 0 aromatic heterocycles. The van der Waals surface area contributed by atoms with Crippen LogP contribution in [-0.2, 0) is 9.78 Å². The van der Waals surface area contributed by atoms with E-state index >= 15 is 0 Å². The highest BCUT2D eigenvalue weighted by atomic mass is 35.5. The SMILES string of the molecule is ClCC1C=COO1. The Balaban J connectivity index is 2.28. The van der Waals surface area contributed by atoms with Crippen LogP contribution in [0, 0.1) is 0 Å². The van der Waals surface area contributed by atoms with Crippen LogP contribution in [0.15, 0.2) is 12.3 Å². The minimum atomic E-state index is -0.0401. The standard InChI is InChI=1S/C4H5ClO2/c5-3-4-1-2-6-7-4/h1-2,4H,3H2. The molecule has 0 bridgehead atoms. The summed E-state index contributed by atoms with van der Waals surface area (Å²) in [4.78, 5) is 8.94. The van der Waals surface area contributed by atoms with E-state index in [4.69, 9.17) is 11.6 Å². The lowest BCUT2D eigenvalue weighted by Crippen LogP contribution is -2.03. The molecule has 0 spiro atoms. The lowest BCUT2D eigenvalue weighted by atomic mass is 10.4. The molecule has 1 rings (SSSR count). The van der Waals surface area contributed by atoms with E-state index < -0.39 is 0 Å². The van der Waals surface area contributed by atoms with Crippen LogP contribution in [0.1, 0.15) is 0 Å². The fraction of sp³-hybridized carbons (Fsp3) is 0.500. The molecule has 3 heteroatoms. The maximum atomic E-state index is 5.35. The van der Waals surface area contributed by atoms with Crippen molar-refractivity contribution < 1.29 is 9.78 Å². The van der Waals surface area contributed by atoms with E-state index in [0.29, 0.717) is 5.88 Å². The number of halogens is 1. The van der Waals surface area contributed by atoms with Crippen molar-refractivity contribution in [3.8, 4) is 0 Å². The van der Waals surface area contributed by atoms with Gasteiger partial charge in [0.1, 0.15) is 12.4 Å². The summed E-state index contributed by atoms with van der Waals surface area (Å²) in [6.45, 7) is 0. The number of alkyl halides is 1. The lowest BCUT2D eigenvalue weighted by Gasteiger charge is -1.96. The van der Waals surface area contributed by atoms with Crippen LogP contribution in [0.3, 0.4) is 0 Å². The number of hydrogen-bond donors (Lipinski definition) is 0. The minimum absolute atomic E-state index is 0.0401. The molecular weight excluding hydrogens is 115 g/mol. The van der Waals surface area contributed by atoms with Crippen LogP contribution >= 0.6 is 11.6 Å². The van der Waals surface area contributed by atoms with E-state index in [9.17, 15) is 0 Å². The molecule has 0 aromatic rings. The van der Waals surface area contributed by atoms with Gasteiger partial charge in [-0.25, -0.2) is 0 Å². The van der Waals surface area contributed by atoms with Crippen LogP contribution in [-0.4, -0.2) is 12.0 Å². The van der Waals surface area contributed by atoms with Crippen molar-refractivity contribution >= 4 is 11.6 Å². The first-order valence-electron chi connectivity index (χ1n) is 1.98. The largest absolute Gasteiger partial charge is 0.345 e. The van der Waals surface area contributed by atoms with Crippen molar-refractivity contribution in [3.05, 3.63) is 12.3 Å².